The summed E-state index contributed by atoms with van der Waals surface area (Å²) in [7, 11) is -4.71. The fraction of sp³-hybridized carbons (Fsp3) is 0.675. The van der Waals surface area contributed by atoms with Crippen molar-refractivity contribution < 1.29 is 42.9 Å². The van der Waals surface area contributed by atoms with Crippen molar-refractivity contribution in [3.63, 3.8) is 0 Å². The predicted molar refractivity (Wildman–Crippen MR) is 209 cm³/mol. The lowest BCUT2D eigenvalue weighted by molar-refractivity contribution is -0.100. The Labute approximate surface area is 325 Å². The Morgan fingerprint density at radius 2 is 1.58 bits per heavy atom. The number of rotatable bonds is 28. The Hall–Kier alpha value is -3.12. The van der Waals surface area contributed by atoms with Gasteiger partial charge in [-0.2, -0.15) is 10.4 Å². The van der Waals surface area contributed by atoms with E-state index in [1.54, 1.807) is 36.4 Å². The molecular weight excluding hydrogens is 725 g/mol. The number of ether oxygens (including phenoxy) is 3. The van der Waals surface area contributed by atoms with Gasteiger partial charge in [0.1, 0.15) is 47.6 Å². The van der Waals surface area contributed by atoms with Crippen LogP contribution in [0.25, 0.3) is 5.52 Å². The van der Waals surface area contributed by atoms with Gasteiger partial charge in [-0.3, -0.25) is 9.05 Å². The second kappa shape index (κ2) is 23.2. The summed E-state index contributed by atoms with van der Waals surface area (Å²) in [5.74, 6) is 0.608. The summed E-state index contributed by atoms with van der Waals surface area (Å²) in [6.45, 7) is 3.34. The van der Waals surface area contributed by atoms with E-state index in [-0.39, 0.29) is 19.0 Å². The van der Waals surface area contributed by atoms with Crippen LogP contribution in [0, 0.1) is 11.3 Å². The molecule has 1 aliphatic heterocycles. The van der Waals surface area contributed by atoms with Crippen LogP contribution < -0.4 is 10.5 Å². The molecule has 0 radical (unpaired) electrons. The van der Waals surface area contributed by atoms with Gasteiger partial charge in [-0.15, -0.1) is 0 Å². The first-order valence-electron chi connectivity index (χ1n) is 20.1. The maximum atomic E-state index is 13.1. The molecule has 6 atom stereocenters. The van der Waals surface area contributed by atoms with Crippen LogP contribution in [0.5, 0.6) is 5.75 Å². The summed E-state index contributed by atoms with van der Waals surface area (Å²) in [4.78, 5) is 14.6. The van der Waals surface area contributed by atoms with Gasteiger partial charge >= 0.3 is 7.82 Å². The van der Waals surface area contributed by atoms with Crippen LogP contribution in [-0.2, 0) is 23.1 Å². The minimum atomic E-state index is -4.71. The van der Waals surface area contributed by atoms with Gasteiger partial charge in [0.25, 0.3) is 0 Å². The number of anilines is 1. The minimum absolute atomic E-state index is 0.0717. The first-order chi connectivity index (χ1) is 26.6. The number of nitrogens with zero attached hydrogens (tertiary/aromatic N) is 4. The number of phosphoric ester groups is 1. The van der Waals surface area contributed by atoms with Gasteiger partial charge in [-0.1, -0.05) is 109 Å². The highest BCUT2D eigenvalue weighted by atomic mass is 31.2. The Balaban J connectivity index is 1.17. The van der Waals surface area contributed by atoms with Crippen LogP contribution in [0.4, 0.5) is 5.82 Å². The zero-order valence-electron chi connectivity index (χ0n) is 32.6. The molecule has 55 heavy (non-hydrogen) atoms. The van der Waals surface area contributed by atoms with Crippen molar-refractivity contribution in [1.29, 1.82) is 5.26 Å². The minimum Gasteiger partial charge on any atom is -0.486 e. The Kier molecular flexibility index (Phi) is 18.8. The molecule has 3 heterocycles. The van der Waals surface area contributed by atoms with Gasteiger partial charge in [0.2, 0.25) is 0 Å². The molecule has 2 aromatic heterocycles. The van der Waals surface area contributed by atoms with Crippen molar-refractivity contribution in [2.75, 3.05) is 32.2 Å². The zero-order chi connectivity index (χ0) is 39.5. The molecule has 306 valence electrons. The molecule has 4 rings (SSSR count). The number of aromatic nitrogens is 3. The number of aliphatic hydroxyl groups excluding tert-OH is 2. The van der Waals surface area contributed by atoms with Crippen LogP contribution in [0.2, 0.25) is 0 Å². The second-order valence-electron chi connectivity index (χ2n) is 14.8. The van der Waals surface area contributed by atoms with Gasteiger partial charge in [-0.25, -0.2) is 14.1 Å². The van der Waals surface area contributed by atoms with Gasteiger partial charge < -0.3 is 35.1 Å². The van der Waals surface area contributed by atoms with Crippen LogP contribution in [0.15, 0.2) is 42.7 Å². The lowest BCUT2D eigenvalue weighted by Crippen LogP contribution is -2.44. The van der Waals surface area contributed by atoms with Crippen molar-refractivity contribution in [3.8, 4) is 11.8 Å². The summed E-state index contributed by atoms with van der Waals surface area (Å²) < 4.78 is 43.1. The van der Waals surface area contributed by atoms with Crippen molar-refractivity contribution in [1.82, 2.24) is 14.6 Å². The number of phosphoric acid groups is 1. The summed E-state index contributed by atoms with van der Waals surface area (Å²) in [6, 6.07) is 11.9. The first kappa shape index (κ1) is 44.6. The average molecular weight is 788 g/mol. The predicted octanol–water partition coefficient (Wildman–Crippen LogP) is 7.59. The maximum absolute atomic E-state index is 13.1. The molecule has 1 aromatic carbocycles. The number of aliphatic hydroxyl groups is 2. The number of hydrogen-bond donors (Lipinski definition) is 4. The van der Waals surface area contributed by atoms with Crippen LogP contribution in [-0.4, -0.2) is 80.0 Å². The second-order valence-corrected chi connectivity index (χ2v) is 16.2. The topological polar surface area (TPSA) is 204 Å². The van der Waals surface area contributed by atoms with Crippen LogP contribution >= 0.6 is 7.82 Å². The quantitative estimate of drug-likeness (QED) is 0.0414. The summed E-state index contributed by atoms with van der Waals surface area (Å²) >= 11 is 0. The average Bonchev–Trinajstić information content (AvgIpc) is 3.71. The Morgan fingerprint density at radius 3 is 2.22 bits per heavy atom. The molecule has 15 heteroatoms. The van der Waals surface area contributed by atoms with E-state index in [9.17, 15) is 24.9 Å². The highest BCUT2D eigenvalue weighted by molar-refractivity contribution is 7.47. The smallest absolute Gasteiger partial charge is 0.472 e. The third-order valence-corrected chi connectivity index (χ3v) is 11.0. The van der Waals surface area contributed by atoms with E-state index in [0.29, 0.717) is 29.1 Å². The first-order valence-corrected chi connectivity index (χ1v) is 21.5. The number of hydrogen-bond acceptors (Lipinski definition) is 12. The van der Waals surface area contributed by atoms with Gasteiger partial charge in [0.15, 0.2) is 5.82 Å². The van der Waals surface area contributed by atoms with Crippen LogP contribution in [0.3, 0.4) is 0 Å². The molecule has 3 aromatic rings. The lowest BCUT2D eigenvalue weighted by atomic mass is 9.97. The van der Waals surface area contributed by atoms with E-state index < -0.39 is 44.4 Å². The molecule has 1 aliphatic rings. The molecule has 5 N–H and O–H groups in total. The number of benzene rings is 1. The molecule has 0 saturated carbocycles. The maximum Gasteiger partial charge on any atom is 0.472 e. The molecular formula is C40H62N5O9P. The van der Waals surface area contributed by atoms with E-state index in [2.05, 4.69) is 23.1 Å². The van der Waals surface area contributed by atoms with E-state index in [0.717, 1.165) is 19.3 Å². The molecule has 1 saturated heterocycles. The number of fused-ring (bicyclic) bond motifs is 1. The highest BCUT2D eigenvalue weighted by Crippen LogP contribution is 2.47. The third kappa shape index (κ3) is 14.4. The Bertz CT molecular complexity index is 1650. The zero-order valence-corrected chi connectivity index (χ0v) is 33.5. The van der Waals surface area contributed by atoms with Crippen molar-refractivity contribution in [3.05, 3.63) is 54.0 Å². The number of nitrogens with two attached hydrogens (primary N) is 1. The number of nitrogen functional groups attached to an aromatic ring is 1. The number of nitriles is 1. The summed E-state index contributed by atoms with van der Waals surface area (Å²) in [5.41, 5.74) is 5.64. The molecule has 0 spiro atoms. The van der Waals surface area contributed by atoms with Gasteiger partial charge in [-0.05, 0) is 43.7 Å². The Morgan fingerprint density at radius 1 is 0.945 bits per heavy atom. The SMILES string of the molecule is CCCCCCCCCCCCCCCCCCOC[C@H](COP(=O)(O)OC[C@@]1(C)O[C@@H](c2ccc3c(N)ncnn23)[C@H](O)[C@@H]1O)Oc1cccc(C#N)c1. The highest BCUT2D eigenvalue weighted by Gasteiger charge is 2.53. The van der Waals surface area contributed by atoms with Crippen molar-refractivity contribution >= 4 is 19.2 Å². The normalized spacial score (nSPS) is 21.4. The largest absolute Gasteiger partial charge is 0.486 e. The fourth-order valence-electron chi connectivity index (χ4n) is 6.84. The third-order valence-electron chi connectivity index (χ3n) is 10.1. The number of unbranched alkanes of at least 4 members (excludes halogenated alkanes) is 15. The van der Waals surface area contributed by atoms with Gasteiger partial charge in [0, 0.05) is 6.61 Å². The van der Waals surface area contributed by atoms with E-state index >= 15 is 0 Å². The standard InChI is InChI=1S/C40H62N5O9P/c1-3-4-5-6-7-8-9-10-11-12-13-14-15-16-17-18-24-50-27-33(53-32-21-19-20-31(25-32)26-41)28-51-55(48,49)52-29-40(2)38(47)36(46)37(54-40)34-22-23-35-39(42)43-30-44-45(34)35/h19-23,25,30,33,36-38,46-47H,3-18,24,27-29H2,1-2H3,(H,48,49)(H2,42,43,44)/t33-,36+,37+,38+,40-/m1/s1. The van der Waals surface area contributed by atoms with Crippen LogP contribution in [0.1, 0.15) is 134 Å². The van der Waals surface area contributed by atoms with E-state index in [4.69, 9.17) is 29.0 Å². The van der Waals surface area contributed by atoms with Gasteiger partial charge in [0.05, 0.1) is 37.1 Å². The molecule has 1 unspecified atom stereocenters. The van der Waals surface area contributed by atoms with E-state index in [1.165, 1.54) is 101 Å². The summed E-state index contributed by atoms with van der Waals surface area (Å²) in [6.07, 6.45) is 17.0. The monoisotopic (exact) mass is 787 g/mol. The fourth-order valence-corrected chi connectivity index (χ4v) is 7.69. The lowest BCUT2D eigenvalue weighted by Gasteiger charge is -2.28. The molecule has 0 amide bonds. The molecule has 0 aliphatic carbocycles. The summed E-state index contributed by atoms with van der Waals surface area (Å²) in [5, 5.41) is 35.3. The molecule has 0 bridgehead atoms. The van der Waals surface area contributed by atoms with Crippen molar-refractivity contribution in [2.45, 2.75) is 147 Å². The van der Waals surface area contributed by atoms with E-state index in [1.807, 2.05) is 0 Å². The molecule has 1 fully saturated rings. The molecule has 14 nitrogen and oxygen atoms in total. The van der Waals surface area contributed by atoms with Crippen molar-refractivity contribution in [2.24, 2.45) is 0 Å².